The van der Waals surface area contributed by atoms with Crippen LogP contribution in [-0.4, -0.2) is 83.4 Å². The molecular formula is C34H39F6N5O6. The van der Waals surface area contributed by atoms with E-state index in [1.54, 1.807) is 51.1 Å². The van der Waals surface area contributed by atoms with E-state index in [1.807, 2.05) is 0 Å². The van der Waals surface area contributed by atoms with Crippen LogP contribution in [0.4, 0.5) is 31.1 Å². The molecule has 278 valence electrons. The second-order valence-corrected chi connectivity index (χ2v) is 14.0. The van der Waals surface area contributed by atoms with Crippen molar-refractivity contribution in [1.29, 1.82) is 0 Å². The molecule has 2 atom stereocenters. The highest BCUT2D eigenvalue weighted by atomic mass is 19.4. The van der Waals surface area contributed by atoms with Gasteiger partial charge in [0.15, 0.2) is 0 Å². The van der Waals surface area contributed by atoms with Crippen LogP contribution in [0, 0.1) is 5.41 Å². The van der Waals surface area contributed by atoms with Crippen molar-refractivity contribution in [1.82, 2.24) is 20.5 Å². The summed E-state index contributed by atoms with van der Waals surface area (Å²) in [7, 11) is 1.48. The fraction of sp³-hybridized carbons (Fsp3) is 0.500. The Morgan fingerprint density at radius 2 is 1.53 bits per heavy atom. The van der Waals surface area contributed by atoms with Gasteiger partial charge in [-0.05, 0) is 64.8 Å². The molecule has 0 spiro atoms. The maximum atomic E-state index is 14.2. The highest BCUT2D eigenvalue weighted by Crippen LogP contribution is 2.40. The first-order valence-corrected chi connectivity index (χ1v) is 15.8. The zero-order valence-corrected chi connectivity index (χ0v) is 28.8. The monoisotopic (exact) mass is 727 g/mol. The van der Waals surface area contributed by atoms with E-state index in [9.17, 15) is 45.5 Å². The number of hydrazone groups is 1. The minimum absolute atomic E-state index is 0.0169. The number of piperidine rings is 1. The molecule has 0 bridgehead atoms. The van der Waals surface area contributed by atoms with Gasteiger partial charge in [-0.1, -0.05) is 30.3 Å². The van der Waals surface area contributed by atoms with Crippen LogP contribution < -0.4 is 15.4 Å². The Labute approximate surface area is 290 Å². The topological polar surface area (TPSA) is 130 Å². The summed E-state index contributed by atoms with van der Waals surface area (Å²) in [6, 6.07) is 7.88. The van der Waals surface area contributed by atoms with Crippen molar-refractivity contribution in [2.75, 3.05) is 26.7 Å². The molecule has 51 heavy (non-hydrogen) atoms. The molecule has 0 aromatic heterocycles. The number of hydrogen-bond donors (Lipinski definition) is 2. The van der Waals surface area contributed by atoms with E-state index in [1.165, 1.54) is 30.8 Å². The van der Waals surface area contributed by atoms with Gasteiger partial charge in [-0.25, -0.2) is 9.80 Å². The number of halogens is 6. The highest BCUT2D eigenvalue weighted by molar-refractivity contribution is 6.13. The number of alkyl halides is 6. The summed E-state index contributed by atoms with van der Waals surface area (Å²) >= 11 is 0. The normalized spacial score (nSPS) is 18.8. The molecule has 2 aliphatic rings. The predicted molar refractivity (Wildman–Crippen MR) is 171 cm³/mol. The first-order valence-electron chi connectivity index (χ1n) is 15.8. The van der Waals surface area contributed by atoms with Crippen molar-refractivity contribution in [2.45, 2.75) is 77.0 Å². The van der Waals surface area contributed by atoms with Gasteiger partial charge in [0.05, 0.1) is 16.8 Å². The van der Waals surface area contributed by atoms with Crippen molar-refractivity contribution < 1.29 is 55.0 Å². The Morgan fingerprint density at radius 1 is 0.941 bits per heavy atom. The zero-order chi connectivity index (χ0) is 38.2. The van der Waals surface area contributed by atoms with Crippen molar-refractivity contribution in [3.8, 4) is 5.75 Å². The van der Waals surface area contributed by atoms with E-state index in [0.29, 0.717) is 17.8 Å². The summed E-state index contributed by atoms with van der Waals surface area (Å²) in [4.78, 5) is 55.1. The molecular weight excluding hydrogens is 688 g/mol. The summed E-state index contributed by atoms with van der Waals surface area (Å²) in [6.07, 6.45) is -11.0. The van der Waals surface area contributed by atoms with Crippen molar-refractivity contribution in [3.63, 3.8) is 0 Å². The second kappa shape index (κ2) is 14.1. The van der Waals surface area contributed by atoms with Gasteiger partial charge in [-0.2, -0.15) is 31.4 Å². The molecule has 17 heteroatoms. The summed E-state index contributed by atoms with van der Waals surface area (Å²) in [5.41, 5.74) is -5.92. The number of nitrogens with zero attached hydrogens (tertiary/aromatic N) is 3. The van der Waals surface area contributed by atoms with Crippen molar-refractivity contribution >= 4 is 29.5 Å². The molecule has 11 nitrogen and oxygen atoms in total. The standard InChI is InChI=1S/C34H39F6N5O6/c1-30(2,3)51-29(49)42-31(4,5)27(47)41-24(18-50-23-15-21(33(35,36)37)14-22(16-23)34(38,39)40)26(46)45-13-12-25-32(19-45,28(48)44(6)43-25)17-20-10-8-7-9-11-20/h7-11,14-16,24H,12-13,17-19H2,1-6H3,(H,41,47)(H,42,49)/t24-,32-/m1/s1. The Hall–Kier alpha value is -4.83. The van der Waals surface area contributed by atoms with E-state index in [2.05, 4.69) is 15.7 Å². The Balaban J connectivity index is 1.66. The number of fused-ring (bicyclic) bond motifs is 1. The van der Waals surface area contributed by atoms with Gasteiger partial charge in [-0.3, -0.25) is 14.4 Å². The average Bonchev–Trinajstić information content (AvgIpc) is 3.25. The number of benzene rings is 2. The van der Waals surface area contributed by atoms with Crippen molar-refractivity contribution in [2.24, 2.45) is 10.5 Å². The van der Waals surface area contributed by atoms with Gasteiger partial charge in [0.25, 0.3) is 5.91 Å². The van der Waals surface area contributed by atoms with Gasteiger partial charge in [0.2, 0.25) is 11.8 Å². The predicted octanol–water partition coefficient (Wildman–Crippen LogP) is 5.18. The van der Waals surface area contributed by atoms with Crippen LogP contribution in [0.25, 0.3) is 0 Å². The number of alkyl carbamates (subject to hydrolysis) is 1. The van der Waals surface area contributed by atoms with Crippen LogP contribution in [0.3, 0.4) is 0 Å². The second-order valence-electron chi connectivity index (χ2n) is 14.0. The Kier molecular flexibility index (Phi) is 10.7. The van der Waals surface area contributed by atoms with Gasteiger partial charge >= 0.3 is 18.4 Å². The van der Waals surface area contributed by atoms with E-state index < -0.39 is 76.3 Å². The number of hydrogen-bond acceptors (Lipinski definition) is 7. The third-order valence-corrected chi connectivity index (χ3v) is 8.23. The molecule has 4 amide bonds. The summed E-state index contributed by atoms with van der Waals surface area (Å²) in [5.74, 6) is -3.04. The third-order valence-electron chi connectivity index (χ3n) is 8.23. The fourth-order valence-electron chi connectivity index (χ4n) is 5.75. The zero-order valence-electron chi connectivity index (χ0n) is 28.8. The van der Waals surface area contributed by atoms with E-state index in [-0.39, 0.29) is 37.9 Å². The number of amides is 4. The number of rotatable bonds is 9. The number of likely N-dealkylation sites (tertiary alicyclic amines) is 1. The maximum absolute atomic E-state index is 14.2. The molecule has 4 rings (SSSR count). The molecule has 2 aromatic rings. The quantitative estimate of drug-likeness (QED) is 0.343. The lowest BCUT2D eigenvalue weighted by Gasteiger charge is -2.41. The molecule has 1 saturated heterocycles. The molecule has 0 aliphatic carbocycles. The molecule has 2 heterocycles. The minimum Gasteiger partial charge on any atom is -0.491 e. The van der Waals surface area contributed by atoms with Crippen LogP contribution in [0.5, 0.6) is 5.75 Å². The van der Waals surface area contributed by atoms with Gasteiger partial charge < -0.3 is 25.0 Å². The number of ether oxygens (including phenoxy) is 2. The third kappa shape index (κ3) is 9.29. The molecule has 0 unspecified atom stereocenters. The van der Waals surface area contributed by atoms with E-state index in [4.69, 9.17) is 9.47 Å². The van der Waals surface area contributed by atoms with Crippen LogP contribution in [0.1, 0.15) is 57.7 Å². The Bertz CT molecular complexity index is 1660. The number of carbonyl (C=O) groups is 4. The number of carbonyl (C=O) groups excluding carboxylic acids is 4. The van der Waals surface area contributed by atoms with Crippen LogP contribution in [0.2, 0.25) is 0 Å². The molecule has 0 saturated carbocycles. The van der Waals surface area contributed by atoms with E-state index >= 15 is 0 Å². The average molecular weight is 728 g/mol. The fourth-order valence-corrected chi connectivity index (χ4v) is 5.75. The van der Waals surface area contributed by atoms with Gasteiger partial charge in [-0.15, -0.1) is 0 Å². The smallest absolute Gasteiger partial charge is 0.416 e. The lowest BCUT2D eigenvalue weighted by molar-refractivity contribution is -0.144. The minimum atomic E-state index is -5.17. The summed E-state index contributed by atoms with van der Waals surface area (Å²) in [6.45, 7) is 6.27. The van der Waals surface area contributed by atoms with Crippen LogP contribution >= 0.6 is 0 Å². The number of nitrogens with one attached hydrogen (secondary N) is 2. The Morgan fingerprint density at radius 3 is 2.08 bits per heavy atom. The maximum Gasteiger partial charge on any atom is 0.416 e. The largest absolute Gasteiger partial charge is 0.491 e. The lowest BCUT2D eigenvalue weighted by Crippen LogP contribution is -2.63. The van der Waals surface area contributed by atoms with Crippen molar-refractivity contribution in [3.05, 3.63) is 65.2 Å². The first kappa shape index (κ1) is 39.0. The lowest BCUT2D eigenvalue weighted by atomic mass is 9.73. The van der Waals surface area contributed by atoms with E-state index in [0.717, 1.165) is 5.56 Å². The molecule has 1 fully saturated rings. The molecule has 0 radical (unpaired) electrons. The van der Waals surface area contributed by atoms with Gasteiger partial charge in [0.1, 0.15) is 35.0 Å². The van der Waals surface area contributed by atoms with Gasteiger partial charge in [0, 0.05) is 26.6 Å². The van der Waals surface area contributed by atoms with Crippen LogP contribution in [0.15, 0.2) is 53.6 Å². The highest BCUT2D eigenvalue weighted by Gasteiger charge is 2.54. The molecule has 2 N–H and O–H groups in total. The molecule has 2 aliphatic heterocycles. The SMILES string of the molecule is CN1N=C2CCN(C(=O)[C@@H](COc3cc(C(F)(F)F)cc(C(F)(F)F)c3)NC(=O)C(C)(C)NC(=O)OC(C)(C)C)C[C@@]2(Cc2ccccc2)C1=O. The van der Waals surface area contributed by atoms with Crippen LogP contribution in [-0.2, 0) is 37.9 Å². The first-order chi connectivity index (χ1) is 23.4. The molecule has 2 aromatic carbocycles. The summed E-state index contributed by atoms with van der Waals surface area (Å²) < 4.78 is 91.9. The summed E-state index contributed by atoms with van der Waals surface area (Å²) in [5, 5.41) is 10.4.